The van der Waals surface area contributed by atoms with Crippen molar-refractivity contribution in [2.45, 2.75) is 30.7 Å². The summed E-state index contributed by atoms with van der Waals surface area (Å²) in [6, 6.07) is 1.37. The van der Waals surface area contributed by atoms with Gasteiger partial charge < -0.3 is 10.2 Å². The number of thiazole rings is 1. The number of benzene rings is 1. The number of amides is 2. The summed E-state index contributed by atoms with van der Waals surface area (Å²) in [5.41, 5.74) is 0.0274. The molecule has 9 heteroatoms. The molecule has 1 aromatic carbocycles. The molecule has 1 N–H and O–H groups in total. The second-order valence-electron chi connectivity index (χ2n) is 6.01. The zero-order valence-corrected chi connectivity index (χ0v) is 14.3. The van der Waals surface area contributed by atoms with Gasteiger partial charge in [0.25, 0.3) is 0 Å². The number of rotatable bonds is 2. The molecule has 1 aromatic heterocycles. The van der Waals surface area contributed by atoms with Crippen molar-refractivity contribution in [3.05, 3.63) is 23.8 Å². The summed E-state index contributed by atoms with van der Waals surface area (Å²) in [6.45, 7) is 1.96. The summed E-state index contributed by atoms with van der Waals surface area (Å²) in [5, 5.41) is 2.84. The lowest BCUT2D eigenvalue weighted by atomic mass is 10.2. The van der Waals surface area contributed by atoms with Crippen molar-refractivity contribution in [1.82, 2.24) is 9.88 Å². The SMILES string of the molecule is C[C@]12CCC(=O)N1[C@@H](C(=O)Nc1nc3c(F)cc(F)cc3s1)CS2. The van der Waals surface area contributed by atoms with Gasteiger partial charge in [-0.25, -0.2) is 13.8 Å². The van der Waals surface area contributed by atoms with E-state index in [1.165, 1.54) is 6.07 Å². The van der Waals surface area contributed by atoms with E-state index in [0.717, 1.165) is 23.8 Å². The monoisotopic (exact) mass is 369 g/mol. The molecule has 2 fully saturated rings. The van der Waals surface area contributed by atoms with Crippen LogP contribution in [0.2, 0.25) is 0 Å². The minimum absolute atomic E-state index is 0.0274. The van der Waals surface area contributed by atoms with E-state index in [9.17, 15) is 18.4 Å². The molecule has 2 aliphatic heterocycles. The predicted octanol–water partition coefficient (Wildman–Crippen LogP) is 2.97. The molecular weight excluding hydrogens is 356 g/mol. The highest BCUT2D eigenvalue weighted by Crippen LogP contribution is 2.47. The van der Waals surface area contributed by atoms with Crippen molar-refractivity contribution >= 4 is 50.3 Å². The number of hydrogen-bond donors (Lipinski definition) is 1. The molecule has 0 aliphatic carbocycles. The Balaban J connectivity index is 1.59. The van der Waals surface area contributed by atoms with Crippen LogP contribution in [-0.4, -0.2) is 38.4 Å². The van der Waals surface area contributed by atoms with Crippen LogP contribution in [0, 0.1) is 11.6 Å². The third-order valence-electron chi connectivity index (χ3n) is 4.39. The van der Waals surface area contributed by atoms with Crippen LogP contribution in [0.5, 0.6) is 0 Å². The number of thioether (sulfide) groups is 1. The molecule has 2 saturated heterocycles. The van der Waals surface area contributed by atoms with Gasteiger partial charge in [-0.05, 0) is 19.4 Å². The first-order valence-corrected chi connectivity index (χ1v) is 9.20. The average molecular weight is 369 g/mol. The maximum Gasteiger partial charge on any atom is 0.249 e. The van der Waals surface area contributed by atoms with Crippen molar-refractivity contribution in [2.75, 3.05) is 11.1 Å². The van der Waals surface area contributed by atoms with E-state index in [1.54, 1.807) is 16.7 Å². The minimum Gasteiger partial charge on any atom is -0.315 e. The average Bonchev–Trinajstić information content (AvgIpc) is 3.13. The number of anilines is 1. The van der Waals surface area contributed by atoms with Gasteiger partial charge in [-0.3, -0.25) is 9.59 Å². The molecule has 2 atom stereocenters. The van der Waals surface area contributed by atoms with Crippen LogP contribution in [0.4, 0.5) is 13.9 Å². The summed E-state index contributed by atoms with van der Waals surface area (Å²) in [5.74, 6) is -1.31. The van der Waals surface area contributed by atoms with E-state index in [0.29, 0.717) is 16.9 Å². The van der Waals surface area contributed by atoms with Crippen molar-refractivity contribution in [2.24, 2.45) is 0 Å². The van der Waals surface area contributed by atoms with Crippen LogP contribution in [0.15, 0.2) is 12.1 Å². The fraction of sp³-hybridized carbons (Fsp3) is 0.400. The first-order chi connectivity index (χ1) is 11.4. The van der Waals surface area contributed by atoms with Gasteiger partial charge in [0.15, 0.2) is 10.9 Å². The molecule has 5 nitrogen and oxygen atoms in total. The first kappa shape index (κ1) is 15.8. The quantitative estimate of drug-likeness (QED) is 0.884. The number of fused-ring (bicyclic) bond motifs is 2. The Morgan fingerprint density at radius 3 is 3.04 bits per heavy atom. The number of aromatic nitrogens is 1. The van der Waals surface area contributed by atoms with E-state index in [4.69, 9.17) is 0 Å². The molecule has 0 spiro atoms. The van der Waals surface area contributed by atoms with Crippen LogP contribution < -0.4 is 5.32 Å². The van der Waals surface area contributed by atoms with Gasteiger partial charge in [0.2, 0.25) is 11.8 Å². The summed E-state index contributed by atoms with van der Waals surface area (Å²) in [7, 11) is 0. The Bertz CT molecular complexity index is 872. The summed E-state index contributed by atoms with van der Waals surface area (Å²) in [6.07, 6.45) is 1.17. The van der Waals surface area contributed by atoms with Gasteiger partial charge in [0.1, 0.15) is 17.4 Å². The Morgan fingerprint density at radius 2 is 2.25 bits per heavy atom. The molecule has 2 aromatic rings. The molecule has 0 unspecified atom stereocenters. The van der Waals surface area contributed by atoms with Crippen LogP contribution >= 0.6 is 23.1 Å². The van der Waals surface area contributed by atoms with Gasteiger partial charge in [-0.15, -0.1) is 11.8 Å². The second-order valence-corrected chi connectivity index (χ2v) is 8.54. The van der Waals surface area contributed by atoms with Gasteiger partial charge in [0.05, 0.1) is 9.57 Å². The zero-order valence-electron chi connectivity index (χ0n) is 12.6. The van der Waals surface area contributed by atoms with Crippen LogP contribution in [-0.2, 0) is 9.59 Å². The maximum absolute atomic E-state index is 13.7. The van der Waals surface area contributed by atoms with Gasteiger partial charge in [-0.1, -0.05) is 11.3 Å². The molecule has 2 aliphatic rings. The topological polar surface area (TPSA) is 62.3 Å². The Labute approximate surface area is 144 Å². The van der Waals surface area contributed by atoms with E-state index >= 15 is 0 Å². The lowest BCUT2D eigenvalue weighted by Gasteiger charge is -2.29. The molecule has 4 rings (SSSR count). The lowest BCUT2D eigenvalue weighted by Crippen LogP contribution is -2.48. The number of nitrogens with zero attached hydrogens (tertiary/aromatic N) is 2. The van der Waals surface area contributed by atoms with E-state index in [-0.39, 0.29) is 27.3 Å². The van der Waals surface area contributed by atoms with Crippen molar-refractivity contribution in [1.29, 1.82) is 0 Å². The maximum atomic E-state index is 13.7. The van der Waals surface area contributed by atoms with E-state index < -0.39 is 17.7 Å². The van der Waals surface area contributed by atoms with Gasteiger partial charge >= 0.3 is 0 Å². The first-order valence-electron chi connectivity index (χ1n) is 7.40. The fourth-order valence-corrected chi connectivity index (χ4v) is 5.55. The highest BCUT2D eigenvalue weighted by Gasteiger charge is 2.52. The normalized spacial score (nSPS) is 26.2. The Kier molecular flexibility index (Phi) is 3.54. The van der Waals surface area contributed by atoms with Gasteiger partial charge in [0, 0.05) is 18.2 Å². The van der Waals surface area contributed by atoms with Crippen molar-refractivity contribution in [3.8, 4) is 0 Å². The molecular formula is C15H13F2N3O2S2. The third kappa shape index (κ3) is 2.37. The third-order valence-corrected chi connectivity index (χ3v) is 6.81. The van der Waals surface area contributed by atoms with Crippen LogP contribution in [0.25, 0.3) is 10.2 Å². The molecule has 24 heavy (non-hydrogen) atoms. The molecule has 0 bridgehead atoms. The van der Waals surface area contributed by atoms with Crippen molar-refractivity contribution in [3.63, 3.8) is 0 Å². The molecule has 0 saturated carbocycles. The minimum atomic E-state index is -0.763. The standard InChI is InChI=1S/C15H13F2N3O2S2/c1-15-3-2-11(21)20(15)9(6-23-15)13(22)19-14-18-12-8(17)4-7(16)5-10(12)24-14/h4-5,9H,2-3,6H2,1H3,(H,18,19,22)/t9-,15+/m1/s1. The number of nitrogens with one attached hydrogen (secondary N) is 1. The molecule has 0 radical (unpaired) electrons. The van der Waals surface area contributed by atoms with Gasteiger partial charge in [-0.2, -0.15) is 0 Å². The van der Waals surface area contributed by atoms with Crippen LogP contribution in [0.1, 0.15) is 19.8 Å². The van der Waals surface area contributed by atoms with Crippen LogP contribution in [0.3, 0.4) is 0 Å². The van der Waals surface area contributed by atoms with Crippen molar-refractivity contribution < 1.29 is 18.4 Å². The Morgan fingerprint density at radius 1 is 1.46 bits per heavy atom. The number of halogens is 2. The summed E-state index contributed by atoms with van der Waals surface area (Å²) in [4.78, 5) is 30.0. The number of hydrogen-bond acceptors (Lipinski definition) is 5. The highest BCUT2D eigenvalue weighted by atomic mass is 32.2. The highest BCUT2D eigenvalue weighted by molar-refractivity contribution is 8.01. The van der Waals surface area contributed by atoms with E-state index in [2.05, 4.69) is 10.3 Å². The summed E-state index contributed by atoms with van der Waals surface area (Å²) < 4.78 is 27.3. The summed E-state index contributed by atoms with van der Waals surface area (Å²) >= 11 is 2.60. The number of carbonyl (C=O) groups is 2. The Hall–Kier alpha value is -1.74. The predicted molar refractivity (Wildman–Crippen MR) is 88.9 cm³/mol. The zero-order chi connectivity index (χ0) is 17.1. The molecule has 3 heterocycles. The fourth-order valence-electron chi connectivity index (χ4n) is 3.21. The smallest absolute Gasteiger partial charge is 0.249 e. The van der Waals surface area contributed by atoms with E-state index in [1.807, 2.05) is 6.92 Å². The molecule has 2 amide bonds. The largest absolute Gasteiger partial charge is 0.315 e. The number of carbonyl (C=O) groups excluding carboxylic acids is 2. The second kappa shape index (κ2) is 5.38. The molecule has 126 valence electrons. The lowest BCUT2D eigenvalue weighted by molar-refractivity contribution is -0.135.